The van der Waals surface area contributed by atoms with E-state index in [4.69, 9.17) is 10.6 Å². The van der Waals surface area contributed by atoms with Crippen molar-refractivity contribution in [3.63, 3.8) is 0 Å². The number of rotatable bonds is 2. The fraction of sp³-hybridized carbons (Fsp3) is 0. The third-order valence-electron chi connectivity index (χ3n) is 2.59. The van der Waals surface area contributed by atoms with Gasteiger partial charge in [-0.15, -0.1) is 0 Å². The van der Waals surface area contributed by atoms with Gasteiger partial charge >= 0.3 is 12.0 Å². The molecule has 0 unspecified atom stereocenters. The zero-order valence-electron chi connectivity index (χ0n) is 9.54. The van der Waals surface area contributed by atoms with Crippen LogP contribution >= 0.6 is 0 Å². The first-order valence-corrected chi connectivity index (χ1v) is 5.21. The summed E-state index contributed by atoms with van der Waals surface area (Å²) in [5.74, 6) is -1.58. The molecule has 2 rings (SSSR count). The van der Waals surface area contributed by atoms with E-state index in [2.05, 4.69) is 10.4 Å². The average Bonchev–Trinajstić information content (AvgIpc) is 2.41. The Labute approximate surface area is 107 Å². The molecule has 0 heterocycles. The van der Waals surface area contributed by atoms with E-state index in [0.29, 0.717) is 10.8 Å². The maximum Gasteiger partial charge on any atom is 0.363 e. The Morgan fingerprint density at radius 2 is 1.84 bits per heavy atom. The molecule has 19 heavy (non-hydrogen) atoms. The molecule has 2 aromatic rings. The summed E-state index contributed by atoms with van der Waals surface area (Å²) >= 11 is 0. The number of aromatic carboxylic acids is 1. The van der Waals surface area contributed by atoms with Crippen LogP contribution in [0.15, 0.2) is 35.4 Å². The van der Waals surface area contributed by atoms with Crippen LogP contribution in [-0.2, 0) is 0 Å². The fourth-order valence-corrected chi connectivity index (χ4v) is 1.80. The van der Waals surface area contributed by atoms with Crippen molar-refractivity contribution in [2.75, 3.05) is 5.32 Å². The minimum atomic E-state index is -1.19. The number of urea groups is 1. The molecule has 0 spiro atoms. The number of anilines is 1. The van der Waals surface area contributed by atoms with Crippen LogP contribution in [0, 0.1) is 5.53 Å². The van der Waals surface area contributed by atoms with Crippen LogP contribution in [-0.4, -0.2) is 22.2 Å². The molecule has 4 N–H and O–H groups in total. The molecule has 96 valence electrons. The minimum Gasteiger partial charge on any atom is -0.506 e. The normalized spacial score (nSPS) is 10.1. The third-order valence-corrected chi connectivity index (χ3v) is 2.59. The number of phenolic OH excluding ortho intramolecular Hbond substituents is 1. The summed E-state index contributed by atoms with van der Waals surface area (Å²) in [6.07, 6.45) is 0. The van der Waals surface area contributed by atoms with Gasteiger partial charge in [0.1, 0.15) is 5.75 Å². The van der Waals surface area contributed by atoms with E-state index < -0.39 is 17.7 Å². The number of carboxylic acid groups (broad SMARTS) is 1. The Morgan fingerprint density at radius 1 is 1.21 bits per heavy atom. The molecule has 0 radical (unpaired) electrons. The number of phenols is 1. The van der Waals surface area contributed by atoms with E-state index >= 15 is 0 Å². The molecule has 0 aliphatic carbocycles. The highest BCUT2D eigenvalue weighted by Crippen LogP contribution is 2.35. The number of aromatic hydroxyl groups is 1. The van der Waals surface area contributed by atoms with Crippen molar-refractivity contribution >= 4 is 28.5 Å². The van der Waals surface area contributed by atoms with E-state index in [1.165, 1.54) is 0 Å². The van der Waals surface area contributed by atoms with Crippen LogP contribution in [0.2, 0.25) is 0 Å². The van der Waals surface area contributed by atoms with Crippen molar-refractivity contribution in [1.82, 2.24) is 0 Å². The molecule has 0 fully saturated rings. The molecular formula is C12H9N3O4. The van der Waals surface area contributed by atoms with Gasteiger partial charge in [0.05, 0.1) is 11.3 Å². The third kappa shape index (κ3) is 2.21. The zero-order chi connectivity index (χ0) is 14.0. The topological polar surface area (TPSA) is 123 Å². The fourth-order valence-electron chi connectivity index (χ4n) is 1.80. The molecule has 0 aliphatic heterocycles. The van der Waals surface area contributed by atoms with E-state index in [0.717, 1.165) is 6.07 Å². The van der Waals surface area contributed by atoms with E-state index in [-0.39, 0.29) is 11.3 Å². The number of nitrogens with zero attached hydrogens (tertiary/aromatic N) is 1. The van der Waals surface area contributed by atoms with Crippen LogP contribution in [0.25, 0.3) is 10.8 Å². The summed E-state index contributed by atoms with van der Waals surface area (Å²) in [6.45, 7) is 0. The zero-order valence-corrected chi connectivity index (χ0v) is 9.54. The van der Waals surface area contributed by atoms with Crippen LogP contribution in [0.3, 0.4) is 0 Å². The van der Waals surface area contributed by atoms with Gasteiger partial charge < -0.3 is 15.5 Å². The second kappa shape index (κ2) is 4.73. The second-order valence-corrected chi connectivity index (χ2v) is 3.71. The monoisotopic (exact) mass is 259 g/mol. The number of fused-ring (bicyclic) bond motifs is 1. The SMILES string of the molecule is N=NC(=O)Nc1c(O)cc(C(=O)O)c2ccccc12. The largest absolute Gasteiger partial charge is 0.506 e. The van der Waals surface area contributed by atoms with Gasteiger partial charge in [-0.1, -0.05) is 29.4 Å². The Morgan fingerprint density at radius 3 is 2.42 bits per heavy atom. The first-order chi connectivity index (χ1) is 9.04. The average molecular weight is 259 g/mol. The molecular weight excluding hydrogens is 250 g/mol. The summed E-state index contributed by atoms with van der Waals surface area (Å²) in [7, 11) is 0. The summed E-state index contributed by atoms with van der Waals surface area (Å²) < 4.78 is 0. The molecule has 0 atom stereocenters. The standard InChI is InChI=1S/C12H9N3O4/c13-15-12(19)14-10-7-4-2-1-3-6(7)8(11(17)18)5-9(10)16/h1-5,13,16H,(H,14,19)(H,17,18). The van der Waals surface area contributed by atoms with Gasteiger partial charge in [0.15, 0.2) is 0 Å². The molecule has 2 amide bonds. The maximum absolute atomic E-state index is 11.1. The lowest BCUT2D eigenvalue weighted by Crippen LogP contribution is -2.07. The van der Waals surface area contributed by atoms with Crippen LogP contribution in [0.4, 0.5) is 10.5 Å². The quantitative estimate of drug-likeness (QED) is 0.489. The van der Waals surface area contributed by atoms with Crippen LogP contribution < -0.4 is 5.32 Å². The lowest BCUT2D eigenvalue weighted by molar-refractivity contribution is 0.0698. The van der Waals surface area contributed by atoms with Crippen molar-refractivity contribution in [2.24, 2.45) is 5.11 Å². The lowest BCUT2D eigenvalue weighted by Gasteiger charge is -2.11. The Balaban J connectivity index is 2.75. The highest BCUT2D eigenvalue weighted by molar-refractivity contribution is 6.12. The Bertz CT molecular complexity index is 697. The summed E-state index contributed by atoms with van der Waals surface area (Å²) in [6, 6.07) is 6.49. The van der Waals surface area contributed by atoms with E-state index in [1.807, 2.05) is 0 Å². The predicted octanol–water partition coefficient (Wildman–Crippen LogP) is 2.81. The molecule has 7 heteroatoms. The number of carbonyl (C=O) groups excluding carboxylic acids is 1. The Hall–Kier alpha value is -2.96. The van der Waals surface area contributed by atoms with Gasteiger partial charge in [-0.25, -0.2) is 9.59 Å². The van der Waals surface area contributed by atoms with Gasteiger partial charge in [-0.3, -0.25) is 0 Å². The van der Waals surface area contributed by atoms with Crippen molar-refractivity contribution in [3.05, 3.63) is 35.9 Å². The summed E-state index contributed by atoms with van der Waals surface area (Å²) in [5.41, 5.74) is 6.54. The van der Waals surface area contributed by atoms with Crippen molar-refractivity contribution < 1.29 is 19.8 Å². The lowest BCUT2D eigenvalue weighted by atomic mass is 10.0. The molecule has 0 aromatic heterocycles. The number of nitrogens with one attached hydrogen (secondary N) is 2. The highest BCUT2D eigenvalue weighted by atomic mass is 16.4. The smallest absolute Gasteiger partial charge is 0.363 e. The number of amides is 2. The molecule has 0 aliphatic rings. The van der Waals surface area contributed by atoms with Gasteiger partial charge in [0, 0.05) is 5.39 Å². The Kier molecular flexibility index (Phi) is 3.11. The van der Waals surface area contributed by atoms with Crippen molar-refractivity contribution in [3.8, 4) is 5.75 Å². The molecule has 0 bridgehead atoms. The van der Waals surface area contributed by atoms with Crippen molar-refractivity contribution in [2.45, 2.75) is 0 Å². The highest BCUT2D eigenvalue weighted by Gasteiger charge is 2.16. The summed E-state index contributed by atoms with van der Waals surface area (Å²) in [4.78, 5) is 22.2. The molecule has 7 nitrogen and oxygen atoms in total. The van der Waals surface area contributed by atoms with Crippen LogP contribution in [0.1, 0.15) is 10.4 Å². The first kappa shape index (κ1) is 12.5. The maximum atomic E-state index is 11.1. The number of benzene rings is 2. The van der Waals surface area contributed by atoms with Gasteiger partial charge in [0.2, 0.25) is 0 Å². The number of carbonyl (C=O) groups is 2. The summed E-state index contributed by atoms with van der Waals surface area (Å²) in [5, 5.41) is 24.5. The first-order valence-electron chi connectivity index (χ1n) is 5.21. The van der Waals surface area contributed by atoms with Gasteiger partial charge in [0.25, 0.3) is 0 Å². The van der Waals surface area contributed by atoms with E-state index in [9.17, 15) is 14.7 Å². The van der Waals surface area contributed by atoms with Gasteiger partial charge in [-0.2, -0.15) is 5.53 Å². The second-order valence-electron chi connectivity index (χ2n) is 3.71. The minimum absolute atomic E-state index is 0.0293. The molecule has 2 aromatic carbocycles. The van der Waals surface area contributed by atoms with E-state index in [1.54, 1.807) is 24.3 Å². The molecule has 0 saturated carbocycles. The molecule has 0 saturated heterocycles. The van der Waals surface area contributed by atoms with Gasteiger partial charge in [-0.05, 0) is 11.5 Å². The number of hydrogen-bond donors (Lipinski definition) is 4. The predicted molar refractivity (Wildman–Crippen MR) is 66.7 cm³/mol. The van der Waals surface area contributed by atoms with Crippen molar-refractivity contribution in [1.29, 1.82) is 5.53 Å². The number of carboxylic acids is 1. The number of hydrogen-bond acceptors (Lipinski definition) is 4. The van der Waals surface area contributed by atoms with Crippen LogP contribution in [0.5, 0.6) is 5.75 Å².